The first kappa shape index (κ1) is 8.55. The zero-order valence-electron chi connectivity index (χ0n) is 8.47. The quantitative estimate of drug-likeness (QED) is 0.611. The van der Waals surface area contributed by atoms with Gasteiger partial charge in [0.2, 0.25) is 0 Å². The number of rotatable bonds is 2. The van der Waals surface area contributed by atoms with Gasteiger partial charge in [0.25, 0.3) is 0 Å². The van der Waals surface area contributed by atoms with Crippen molar-refractivity contribution in [3.63, 3.8) is 0 Å². The van der Waals surface area contributed by atoms with Crippen molar-refractivity contribution in [1.29, 1.82) is 0 Å². The molecular formula is C11H21N. The van der Waals surface area contributed by atoms with Gasteiger partial charge >= 0.3 is 0 Å². The zero-order valence-corrected chi connectivity index (χ0v) is 8.47. The predicted molar refractivity (Wildman–Crippen MR) is 52.2 cm³/mol. The van der Waals surface area contributed by atoms with E-state index in [1.807, 2.05) is 0 Å². The molecule has 1 aliphatic heterocycles. The molecule has 1 aliphatic carbocycles. The van der Waals surface area contributed by atoms with Crippen molar-refractivity contribution in [2.75, 3.05) is 19.6 Å². The van der Waals surface area contributed by atoms with Gasteiger partial charge in [0.15, 0.2) is 0 Å². The van der Waals surface area contributed by atoms with E-state index in [0.717, 1.165) is 11.3 Å². The van der Waals surface area contributed by atoms with E-state index in [9.17, 15) is 0 Å². The Morgan fingerprint density at radius 1 is 1.33 bits per heavy atom. The zero-order chi connectivity index (χ0) is 8.60. The first-order chi connectivity index (χ1) is 5.77. The van der Waals surface area contributed by atoms with E-state index in [1.54, 1.807) is 0 Å². The molecule has 0 N–H and O–H groups in total. The van der Waals surface area contributed by atoms with Gasteiger partial charge in [0.05, 0.1) is 0 Å². The lowest BCUT2D eigenvalue weighted by atomic mass is 9.91. The maximum Gasteiger partial charge on any atom is -0.00133 e. The molecule has 0 unspecified atom stereocenters. The Hall–Kier alpha value is -0.0400. The fourth-order valence-electron chi connectivity index (χ4n) is 2.79. The Bertz CT molecular complexity index is 156. The summed E-state index contributed by atoms with van der Waals surface area (Å²) in [4.78, 5) is 2.64. The Kier molecular flexibility index (Phi) is 2.16. The minimum absolute atomic E-state index is 0.824. The van der Waals surface area contributed by atoms with Crippen molar-refractivity contribution >= 4 is 0 Å². The van der Waals surface area contributed by atoms with Gasteiger partial charge in [-0.3, -0.25) is 0 Å². The third kappa shape index (κ3) is 1.39. The average Bonchev–Trinajstić information content (AvgIpc) is 2.68. The van der Waals surface area contributed by atoms with Crippen molar-refractivity contribution in [3.05, 3.63) is 0 Å². The van der Waals surface area contributed by atoms with Crippen LogP contribution in [0, 0.1) is 11.3 Å². The molecule has 0 aromatic heterocycles. The molecule has 0 radical (unpaired) electrons. The summed E-state index contributed by atoms with van der Waals surface area (Å²) >= 11 is 0. The maximum absolute atomic E-state index is 2.64. The number of hydrogen-bond donors (Lipinski definition) is 0. The van der Waals surface area contributed by atoms with E-state index in [1.165, 1.54) is 45.3 Å². The SMILES string of the molecule is CCCN1CCC2(CC1)C[C@H]2C. The van der Waals surface area contributed by atoms with Crippen LogP contribution < -0.4 is 0 Å². The summed E-state index contributed by atoms with van der Waals surface area (Å²) in [5.74, 6) is 1.04. The van der Waals surface area contributed by atoms with Gasteiger partial charge in [-0.2, -0.15) is 0 Å². The molecule has 1 atom stereocenters. The second-order valence-corrected chi connectivity index (χ2v) is 4.81. The number of nitrogens with zero attached hydrogens (tertiary/aromatic N) is 1. The highest BCUT2D eigenvalue weighted by atomic mass is 15.1. The van der Waals surface area contributed by atoms with E-state index in [0.29, 0.717) is 0 Å². The number of hydrogen-bond acceptors (Lipinski definition) is 1. The standard InChI is InChI=1S/C11H21N/c1-3-6-12-7-4-11(5-8-12)9-10(11)2/h10H,3-9H2,1-2H3/t10-/m1/s1. The van der Waals surface area contributed by atoms with Gasteiger partial charge in [-0.15, -0.1) is 0 Å². The number of piperidine rings is 1. The van der Waals surface area contributed by atoms with Gasteiger partial charge in [-0.05, 0) is 56.7 Å². The third-order valence-corrected chi connectivity index (χ3v) is 3.99. The van der Waals surface area contributed by atoms with Gasteiger partial charge in [-0.25, -0.2) is 0 Å². The summed E-state index contributed by atoms with van der Waals surface area (Å²) in [6.45, 7) is 8.78. The van der Waals surface area contributed by atoms with Crippen LogP contribution in [-0.2, 0) is 0 Å². The van der Waals surface area contributed by atoms with Crippen LogP contribution in [0.15, 0.2) is 0 Å². The molecule has 70 valence electrons. The smallest absolute Gasteiger partial charge is 0.00133 e. The molecule has 2 rings (SSSR count). The minimum atomic E-state index is 0.824. The van der Waals surface area contributed by atoms with Crippen molar-refractivity contribution in [1.82, 2.24) is 4.90 Å². The Morgan fingerprint density at radius 2 is 1.92 bits per heavy atom. The largest absolute Gasteiger partial charge is 0.303 e. The Balaban J connectivity index is 1.78. The lowest BCUT2D eigenvalue weighted by molar-refractivity contribution is 0.165. The molecule has 1 heterocycles. The van der Waals surface area contributed by atoms with Crippen molar-refractivity contribution in [2.45, 2.75) is 39.5 Å². The Morgan fingerprint density at radius 3 is 2.33 bits per heavy atom. The topological polar surface area (TPSA) is 3.24 Å². The predicted octanol–water partition coefficient (Wildman–Crippen LogP) is 2.52. The van der Waals surface area contributed by atoms with Crippen molar-refractivity contribution < 1.29 is 0 Å². The molecule has 1 saturated carbocycles. The highest BCUT2D eigenvalue weighted by Gasteiger charge is 2.51. The second-order valence-electron chi connectivity index (χ2n) is 4.81. The molecule has 0 amide bonds. The minimum Gasteiger partial charge on any atom is -0.303 e. The van der Waals surface area contributed by atoms with Crippen LogP contribution in [0.3, 0.4) is 0 Å². The fraction of sp³-hybridized carbons (Fsp3) is 1.00. The van der Waals surface area contributed by atoms with Crippen LogP contribution in [0.5, 0.6) is 0 Å². The van der Waals surface area contributed by atoms with Gasteiger partial charge < -0.3 is 4.90 Å². The fourth-order valence-corrected chi connectivity index (χ4v) is 2.79. The van der Waals surface area contributed by atoms with Crippen LogP contribution in [0.1, 0.15) is 39.5 Å². The molecule has 2 fully saturated rings. The van der Waals surface area contributed by atoms with Crippen molar-refractivity contribution in [3.8, 4) is 0 Å². The molecule has 1 spiro atoms. The highest BCUT2D eigenvalue weighted by Crippen LogP contribution is 2.58. The molecule has 0 bridgehead atoms. The van der Waals surface area contributed by atoms with E-state index >= 15 is 0 Å². The van der Waals surface area contributed by atoms with E-state index in [4.69, 9.17) is 0 Å². The normalized spacial score (nSPS) is 34.0. The molecule has 1 saturated heterocycles. The molecule has 0 aromatic carbocycles. The van der Waals surface area contributed by atoms with Crippen molar-refractivity contribution in [2.24, 2.45) is 11.3 Å². The first-order valence-electron chi connectivity index (χ1n) is 5.49. The van der Waals surface area contributed by atoms with Crippen LogP contribution in [0.2, 0.25) is 0 Å². The number of likely N-dealkylation sites (tertiary alicyclic amines) is 1. The monoisotopic (exact) mass is 167 g/mol. The summed E-state index contributed by atoms with van der Waals surface area (Å²) < 4.78 is 0. The molecule has 2 aliphatic rings. The van der Waals surface area contributed by atoms with Gasteiger partial charge in [0, 0.05) is 0 Å². The summed E-state index contributed by atoms with van der Waals surface area (Å²) in [7, 11) is 0. The molecule has 1 heteroatoms. The van der Waals surface area contributed by atoms with Gasteiger partial charge in [0.1, 0.15) is 0 Å². The van der Waals surface area contributed by atoms with Crippen LogP contribution in [0.25, 0.3) is 0 Å². The summed E-state index contributed by atoms with van der Waals surface area (Å²) in [6.07, 6.45) is 5.80. The van der Waals surface area contributed by atoms with Crippen LogP contribution >= 0.6 is 0 Å². The average molecular weight is 167 g/mol. The lowest BCUT2D eigenvalue weighted by Crippen LogP contribution is -2.35. The third-order valence-electron chi connectivity index (χ3n) is 3.99. The molecule has 1 nitrogen and oxygen atoms in total. The Labute approximate surface area is 76.1 Å². The summed E-state index contributed by atoms with van der Waals surface area (Å²) in [5, 5.41) is 0. The van der Waals surface area contributed by atoms with Crippen LogP contribution in [-0.4, -0.2) is 24.5 Å². The highest BCUT2D eigenvalue weighted by molar-refractivity contribution is 5.02. The van der Waals surface area contributed by atoms with E-state index < -0.39 is 0 Å². The van der Waals surface area contributed by atoms with Crippen LogP contribution in [0.4, 0.5) is 0 Å². The molecule has 0 aromatic rings. The van der Waals surface area contributed by atoms with E-state index in [-0.39, 0.29) is 0 Å². The lowest BCUT2D eigenvalue weighted by Gasteiger charge is -2.32. The summed E-state index contributed by atoms with van der Waals surface area (Å²) in [6, 6.07) is 0. The summed E-state index contributed by atoms with van der Waals surface area (Å²) in [5.41, 5.74) is 0.824. The molecular weight excluding hydrogens is 146 g/mol. The molecule has 12 heavy (non-hydrogen) atoms. The first-order valence-corrected chi connectivity index (χ1v) is 5.49. The second kappa shape index (κ2) is 3.02. The van der Waals surface area contributed by atoms with E-state index in [2.05, 4.69) is 18.7 Å². The maximum atomic E-state index is 2.64. The van der Waals surface area contributed by atoms with Gasteiger partial charge in [-0.1, -0.05) is 13.8 Å².